The van der Waals surface area contributed by atoms with Crippen molar-refractivity contribution in [3.8, 4) is 0 Å². The second kappa shape index (κ2) is 9.79. The average molecular weight is 478 g/mol. The Balaban J connectivity index is 1.70. The second-order valence-electron chi connectivity index (χ2n) is 8.26. The number of carbonyl (C=O) groups excluding carboxylic acids is 3. The van der Waals surface area contributed by atoms with Gasteiger partial charge in [-0.2, -0.15) is 0 Å². The zero-order chi connectivity index (χ0) is 24.3. The smallest absolute Gasteiger partial charge is 0.327 e. The highest BCUT2D eigenvalue weighted by atomic mass is 32.2. The highest BCUT2D eigenvalue weighted by Gasteiger charge is 2.64. The Morgan fingerprint density at radius 2 is 1.94 bits per heavy atom. The largest absolute Gasteiger partial charge is 0.480 e. The number of hydrogen-bond donors (Lipinski definition) is 5. The van der Waals surface area contributed by atoms with Crippen LogP contribution < -0.4 is 16.0 Å². The van der Waals surface area contributed by atoms with Gasteiger partial charge in [0.15, 0.2) is 0 Å². The zero-order valence-electron chi connectivity index (χ0n) is 18.5. The Kier molecular flexibility index (Phi) is 7.28. The number of amides is 3. The molecule has 33 heavy (non-hydrogen) atoms. The van der Waals surface area contributed by atoms with E-state index in [0.29, 0.717) is 5.56 Å². The quantitative estimate of drug-likeness (QED) is 0.184. The summed E-state index contributed by atoms with van der Waals surface area (Å²) in [5, 5.41) is 24.6. The molecule has 178 valence electrons. The van der Waals surface area contributed by atoms with E-state index in [1.165, 1.54) is 23.8 Å². The summed E-state index contributed by atoms with van der Waals surface area (Å²) in [6.45, 7) is 3.29. The van der Waals surface area contributed by atoms with Crippen molar-refractivity contribution in [2.75, 3.05) is 20.3 Å². The van der Waals surface area contributed by atoms with Gasteiger partial charge >= 0.3 is 5.97 Å². The Bertz CT molecular complexity index is 956. The number of thioether (sulfide) groups is 1. The van der Waals surface area contributed by atoms with Gasteiger partial charge in [0, 0.05) is 11.9 Å². The van der Waals surface area contributed by atoms with Crippen LogP contribution in [0.15, 0.2) is 30.3 Å². The lowest BCUT2D eigenvalue weighted by Gasteiger charge is -2.44. The first-order chi connectivity index (χ1) is 15.6. The predicted octanol–water partition coefficient (Wildman–Crippen LogP) is -0.311. The molecule has 2 unspecified atom stereocenters. The fraction of sp³-hybridized carbons (Fsp3) is 0.476. The lowest BCUT2D eigenvalue weighted by molar-refractivity contribution is -0.161. The fourth-order valence-electron chi connectivity index (χ4n) is 3.92. The normalized spacial score (nSPS) is 23.7. The van der Waals surface area contributed by atoms with Crippen molar-refractivity contribution >= 4 is 41.3 Å². The molecule has 11 nitrogen and oxygen atoms in total. The number of rotatable bonds is 9. The van der Waals surface area contributed by atoms with Crippen molar-refractivity contribution < 1.29 is 29.0 Å². The molecule has 4 atom stereocenters. The maximum atomic E-state index is 13.1. The van der Waals surface area contributed by atoms with E-state index in [4.69, 9.17) is 10.1 Å². The molecule has 2 aliphatic heterocycles. The van der Waals surface area contributed by atoms with Crippen LogP contribution in [0.4, 0.5) is 0 Å². The fourth-order valence-corrected chi connectivity index (χ4v) is 5.55. The third kappa shape index (κ3) is 5.11. The first-order valence-electron chi connectivity index (χ1n) is 10.2. The summed E-state index contributed by atoms with van der Waals surface area (Å²) in [7, 11) is 1.43. The molecule has 0 aliphatic carbocycles. The number of amidine groups is 1. The van der Waals surface area contributed by atoms with E-state index >= 15 is 0 Å². The molecular weight excluding hydrogens is 450 g/mol. The van der Waals surface area contributed by atoms with Crippen molar-refractivity contribution in [1.29, 1.82) is 5.41 Å². The van der Waals surface area contributed by atoms with E-state index in [-0.39, 0.29) is 19.0 Å². The van der Waals surface area contributed by atoms with Gasteiger partial charge in [-0.05, 0) is 19.4 Å². The van der Waals surface area contributed by atoms with Crippen LogP contribution in [0.25, 0.3) is 0 Å². The average Bonchev–Trinajstić information content (AvgIpc) is 3.03. The highest BCUT2D eigenvalue weighted by Crippen LogP contribution is 2.50. The van der Waals surface area contributed by atoms with Crippen LogP contribution >= 0.6 is 11.8 Å². The number of fused-ring (bicyclic) bond motifs is 1. The van der Waals surface area contributed by atoms with Crippen LogP contribution in [-0.2, 0) is 23.9 Å². The molecule has 2 aliphatic rings. The Morgan fingerprint density at radius 1 is 1.27 bits per heavy atom. The maximum Gasteiger partial charge on any atom is 0.327 e. The van der Waals surface area contributed by atoms with E-state index < -0.39 is 51.9 Å². The SMILES string of the molecule is COCC(=N)NCC(=O)NC(C(=O)NC1C(=O)N2[C@@H]1SC(C)(C)[C@@H]2C(=O)O)c1ccccc1. The maximum absolute atomic E-state index is 13.1. The molecule has 0 spiro atoms. The summed E-state index contributed by atoms with van der Waals surface area (Å²) >= 11 is 1.32. The van der Waals surface area contributed by atoms with Crippen LogP contribution in [0.3, 0.4) is 0 Å². The molecule has 1 aromatic carbocycles. The number of nitrogens with zero attached hydrogens (tertiary/aromatic N) is 1. The topological polar surface area (TPSA) is 161 Å². The molecule has 0 saturated carbocycles. The van der Waals surface area contributed by atoms with Gasteiger partial charge in [-0.15, -0.1) is 11.8 Å². The molecule has 5 N–H and O–H groups in total. The molecule has 12 heteroatoms. The second-order valence-corrected chi connectivity index (χ2v) is 10.0. The number of carbonyl (C=O) groups is 4. The summed E-state index contributed by atoms with van der Waals surface area (Å²) in [5.41, 5.74) is 0.516. The Hall–Kier alpha value is -3.12. The van der Waals surface area contributed by atoms with Gasteiger partial charge in [0.2, 0.25) is 17.7 Å². The van der Waals surface area contributed by atoms with Crippen LogP contribution in [0.1, 0.15) is 25.5 Å². The number of methoxy groups -OCH3 is 1. The van der Waals surface area contributed by atoms with E-state index in [0.717, 1.165) is 0 Å². The highest BCUT2D eigenvalue weighted by molar-refractivity contribution is 8.01. The molecule has 2 heterocycles. The molecule has 2 saturated heterocycles. The van der Waals surface area contributed by atoms with E-state index in [1.54, 1.807) is 44.2 Å². The molecule has 3 rings (SSSR count). The third-order valence-electron chi connectivity index (χ3n) is 5.42. The Morgan fingerprint density at radius 3 is 2.55 bits per heavy atom. The van der Waals surface area contributed by atoms with Gasteiger partial charge in [0.05, 0.1) is 6.54 Å². The van der Waals surface area contributed by atoms with Crippen LogP contribution in [-0.4, -0.2) is 82.0 Å². The number of carboxylic acid groups (broad SMARTS) is 1. The van der Waals surface area contributed by atoms with Crippen molar-refractivity contribution in [3.05, 3.63) is 35.9 Å². The van der Waals surface area contributed by atoms with E-state index in [9.17, 15) is 24.3 Å². The van der Waals surface area contributed by atoms with Crippen molar-refractivity contribution in [3.63, 3.8) is 0 Å². The van der Waals surface area contributed by atoms with Crippen LogP contribution in [0.2, 0.25) is 0 Å². The van der Waals surface area contributed by atoms with Crippen LogP contribution in [0, 0.1) is 5.41 Å². The number of hydrogen-bond acceptors (Lipinski definition) is 7. The number of aliphatic carboxylic acids is 1. The summed E-state index contributed by atoms with van der Waals surface area (Å²) in [4.78, 5) is 51.2. The van der Waals surface area contributed by atoms with Crippen LogP contribution in [0.5, 0.6) is 0 Å². The molecule has 3 amide bonds. The van der Waals surface area contributed by atoms with Gasteiger partial charge in [-0.25, -0.2) is 4.79 Å². The van der Waals surface area contributed by atoms with Crippen molar-refractivity contribution in [2.24, 2.45) is 0 Å². The monoisotopic (exact) mass is 477 g/mol. The standard InChI is InChI=1S/C21H27N5O6S/c1-21(2)16(20(30)31)26-18(29)15(19(26)33-21)25-17(28)14(11-7-5-4-6-8-11)24-13(27)9-23-12(22)10-32-3/h4-8,14-16,19H,9-10H2,1-3H3,(H2,22,23)(H,24,27)(H,25,28)(H,30,31)/t14?,15?,16-,19+/m0/s1. The van der Waals surface area contributed by atoms with Gasteiger partial charge < -0.3 is 30.7 Å². The summed E-state index contributed by atoms with van der Waals surface area (Å²) in [5.74, 6) is -2.65. The summed E-state index contributed by atoms with van der Waals surface area (Å²) in [6.07, 6.45) is 0. The number of benzene rings is 1. The first kappa shape index (κ1) is 24.5. The zero-order valence-corrected chi connectivity index (χ0v) is 19.3. The molecule has 0 bridgehead atoms. The minimum atomic E-state index is -1.09. The summed E-state index contributed by atoms with van der Waals surface area (Å²) < 4.78 is 4.10. The number of nitrogens with one attached hydrogen (secondary N) is 4. The van der Waals surface area contributed by atoms with Crippen molar-refractivity contribution in [2.45, 2.75) is 42.1 Å². The summed E-state index contributed by atoms with van der Waals surface area (Å²) in [6, 6.07) is 5.61. The number of carboxylic acids is 1. The lowest BCUT2D eigenvalue weighted by Crippen LogP contribution is -2.71. The molecule has 0 radical (unpaired) electrons. The first-order valence-corrected chi connectivity index (χ1v) is 11.1. The number of β-lactam (4-membered cyclic amide) rings is 1. The minimum absolute atomic E-state index is 0.0161. The van der Waals surface area contributed by atoms with E-state index in [1.807, 2.05) is 0 Å². The minimum Gasteiger partial charge on any atom is -0.480 e. The van der Waals surface area contributed by atoms with Gasteiger partial charge in [-0.1, -0.05) is 30.3 Å². The van der Waals surface area contributed by atoms with Gasteiger partial charge in [-0.3, -0.25) is 19.8 Å². The van der Waals surface area contributed by atoms with Gasteiger partial charge in [0.25, 0.3) is 0 Å². The van der Waals surface area contributed by atoms with Gasteiger partial charge in [0.1, 0.15) is 35.9 Å². The predicted molar refractivity (Wildman–Crippen MR) is 121 cm³/mol. The van der Waals surface area contributed by atoms with Crippen molar-refractivity contribution in [1.82, 2.24) is 20.9 Å². The number of ether oxygens (including phenoxy) is 1. The lowest BCUT2D eigenvalue weighted by atomic mass is 9.95. The molecular formula is C21H27N5O6S. The van der Waals surface area contributed by atoms with E-state index in [2.05, 4.69) is 16.0 Å². The molecule has 2 fully saturated rings. The molecule has 1 aromatic rings. The molecule has 0 aromatic heterocycles. The third-order valence-corrected chi connectivity index (χ3v) is 7.00. The Labute approximate surface area is 195 Å².